The van der Waals surface area contributed by atoms with Gasteiger partial charge in [-0.2, -0.15) is 0 Å². The first-order valence-corrected chi connectivity index (χ1v) is 13.6. The van der Waals surface area contributed by atoms with Crippen LogP contribution in [0.2, 0.25) is 0 Å². The topological polar surface area (TPSA) is 92.2 Å². The second kappa shape index (κ2) is 16.7. The van der Waals surface area contributed by atoms with Crippen molar-refractivity contribution in [1.82, 2.24) is 0 Å². The Kier molecular flexibility index (Phi) is 13.8. The van der Waals surface area contributed by atoms with Gasteiger partial charge in [0.15, 0.2) is 0 Å². The fourth-order valence-electron chi connectivity index (χ4n) is 3.97. The van der Waals surface area contributed by atoms with Crippen LogP contribution in [0, 0.1) is 24.1 Å². The number of benzene rings is 5. The molecule has 0 saturated heterocycles. The largest absolute Gasteiger partial charge is 1.00 e. The first kappa shape index (κ1) is 32.9. The summed E-state index contributed by atoms with van der Waals surface area (Å²) in [4.78, 5) is 0. The average Bonchev–Trinajstić information content (AvgIpc) is 2.95. The van der Waals surface area contributed by atoms with Crippen molar-refractivity contribution in [2.45, 2.75) is 13.8 Å². The van der Waals surface area contributed by atoms with Gasteiger partial charge in [-0.25, -0.2) is 18.6 Å². The molecule has 0 fully saturated rings. The Morgan fingerprint density at radius 1 is 0.375 bits per heavy atom. The third-order valence-electron chi connectivity index (χ3n) is 5.72. The summed E-state index contributed by atoms with van der Waals surface area (Å²) in [5, 5.41) is 0. The maximum Gasteiger partial charge on any atom is 1.00 e. The maximum absolute atomic E-state index is 8.49. The SMILES string of the molecule is Cc1ccc(C)cc1.[Ag+].[O-][Cl+3]([O-])([O-])[O-].c1ccc(C(=C(c2ccccc2)c2ccccc2)c2ccccc2)cc1. The van der Waals surface area contributed by atoms with Gasteiger partial charge in [-0.3, -0.25) is 0 Å². The van der Waals surface area contributed by atoms with Crippen molar-refractivity contribution in [3.05, 3.63) is 179 Å². The number of hydrogen-bond donors (Lipinski definition) is 0. The van der Waals surface area contributed by atoms with Crippen LogP contribution in [0.4, 0.5) is 0 Å². The summed E-state index contributed by atoms with van der Waals surface area (Å²) in [6.07, 6.45) is 0. The molecule has 0 N–H and O–H groups in total. The molecule has 40 heavy (non-hydrogen) atoms. The zero-order chi connectivity index (χ0) is 28.1. The van der Waals surface area contributed by atoms with Gasteiger partial charge in [0.2, 0.25) is 0 Å². The third kappa shape index (κ3) is 11.4. The molecule has 0 aliphatic rings. The van der Waals surface area contributed by atoms with Gasteiger partial charge < -0.3 is 0 Å². The van der Waals surface area contributed by atoms with Gasteiger partial charge in [-0.1, -0.05) is 157 Å². The van der Waals surface area contributed by atoms with Crippen molar-refractivity contribution < 1.29 is 51.3 Å². The quantitative estimate of drug-likeness (QED) is 0.216. The Balaban J connectivity index is 0.000000333. The standard InChI is InChI=1S/C26H20.C8H10.Ag.ClHO4/c1-5-13-21(14-6-1)25(22-15-7-2-8-16-22)26(23-17-9-3-10-18-23)24-19-11-4-12-20-24;1-7-3-5-8(2)6-4-7;;2-1(3,4)5/h1-20H;3-6H,1-2H3;;(H,2,3,4,5)/q;;+1;/p-1. The fourth-order valence-corrected chi connectivity index (χ4v) is 3.97. The van der Waals surface area contributed by atoms with Gasteiger partial charge in [0.05, 0.1) is 0 Å². The van der Waals surface area contributed by atoms with E-state index in [9.17, 15) is 0 Å². The van der Waals surface area contributed by atoms with Crippen molar-refractivity contribution >= 4 is 11.1 Å². The summed E-state index contributed by atoms with van der Waals surface area (Å²) < 4.78 is 34.0. The summed E-state index contributed by atoms with van der Waals surface area (Å²) in [5.74, 6) is 0. The molecule has 0 radical (unpaired) electrons. The molecular formula is C34H30AgClO4. The smallest absolute Gasteiger partial charge is 0.222 e. The minimum atomic E-state index is -4.94. The molecule has 0 aromatic heterocycles. The predicted molar refractivity (Wildman–Crippen MR) is 147 cm³/mol. The number of aryl methyl sites for hydroxylation is 2. The molecule has 0 atom stereocenters. The Morgan fingerprint density at radius 2 is 0.550 bits per heavy atom. The molecule has 0 bridgehead atoms. The molecule has 0 saturated carbocycles. The normalized spacial score (nSPS) is 10.1. The zero-order valence-corrected chi connectivity index (χ0v) is 24.4. The van der Waals surface area contributed by atoms with Crippen LogP contribution in [-0.4, -0.2) is 0 Å². The number of rotatable bonds is 4. The molecule has 5 aromatic carbocycles. The van der Waals surface area contributed by atoms with Gasteiger partial charge in [-0.05, 0) is 47.2 Å². The summed E-state index contributed by atoms with van der Waals surface area (Å²) in [6, 6.07) is 51.1. The van der Waals surface area contributed by atoms with E-state index >= 15 is 0 Å². The van der Waals surface area contributed by atoms with E-state index in [2.05, 4.69) is 159 Å². The monoisotopic (exact) mass is 644 g/mol. The van der Waals surface area contributed by atoms with Crippen LogP contribution in [-0.2, 0) is 22.4 Å². The minimum absolute atomic E-state index is 0. The molecule has 0 heterocycles. The van der Waals surface area contributed by atoms with Crippen LogP contribution in [0.1, 0.15) is 33.4 Å². The van der Waals surface area contributed by atoms with Gasteiger partial charge in [-0.15, -0.1) is 10.2 Å². The van der Waals surface area contributed by atoms with E-state index in [0.717, 1.165) is 0 Å². The van der Waals surface area contributed by atoms with Crippen molar-refractivity contribution in [2.75, 3.05) is 0 Å². The molecule has 0 aliphatic carbocycles. The fraction of sp³-hybridized carbons (Fsp3) is 0.0588. The molecule has 5 rings (SSSR count). The van der Waals surface area contributed by atoms with E-state index in [1.807, 2.05) is 0 Å². The molecule has 5 aromatic rings. The third-order valence-corrected chi connectivity index (χ3v) is 5.72. The maximum atomic E-state index is 8.49. The number of hydrogen-bond acceptors (Lipinski definition) is 4. The molecule has 6 heteroatoms. The first-order valence-electron chi connectivity index (χ1n) is 12.3. The second-order valence-electron chi connectivity index (χ2n) is 8.75. The van der Waals surface area contributed by atoms with Crippen LogP contribution in [0.5, 0.6) is 0 Å². The Morgan fingerprint density at radius 3 is 0.725 bits per heavy atom. The van der Waals surface area contributed by atoms with Gasteiger partial charge in [0.1, 0.15) is 0 Å². The van der Waals surface area contributed by atoms with Crippen LogP contribution in [0.3, 0.4) is 0 Å². The summed E-state index contributed by atoms with van der Waals surface area (Å²) >= 11 is 0. The van der Waals surface area contributed by atoms with Gasteiger partial charge in [0.25, 0.3) is 0 Å². The predicted octanol–water partition coefficient (Wildman–Crippen LogP) is 4.24. The van der Waals surface area contributed by atoms with Crippen molar-refractivity contribution in [2.24, 2.45) is 0 Å². The van der Waals surface area contributed by atoms with E-state index in [4.69, 9.17) is 18.6 Å². The van der Waals surface area contributed by atoms with E-state index in [1.165, 1.54) is 44.5 Å². The van der Waals surface area contributed by atoms with Crippen LogP contribution in [0.25, 0.3) is 11.1 Å². The minimum Gasteiger partial charge on any atom is -0.222 e. The second-order valence-corrected chi connectivity index (χ2v) is 9.50. The first-order chi connectivity index (χ1) is 18.7. The Bertz CT molecular complexity index is 1230. The summed E-state index contributed by atoms with van der Waals surface area (Å²) in [6.45, 7) is 4.19. The van der Waals surface area contributed by atoms with Crippen molar-refractivity contribution in [3.63, 3.8) is 0 Å². The van der Waals surface area contributed by atoms with E-state index < -0.39 is 10.2 Å². The molecular weight excluding hydrogens is 616 g/mol. The number of halogens is 1. The molecule has 4 nitrogen and oxygen atoms in total. The molecule has 208 valence electrons. The van der Waals surface area contributed by atoms with Crippen LogP contribution < -0.4 is 18.6 Å². The van der Waals surface area contributed by atoms with Crippen molar-refractivity contribution in [1.29, 1.82) is 0 Å². The van der Waals surface area contributed by atoms with Crippen LogP contribution >= 0.6 is 0 Å². The van der Waals surface area contributed by atoms with Crippen molar-refractivity contribution in [3.8, 4) is 0 Å². The van der Waals surface area contributed by atoms with Crippen LogP contribution in [0.15, 0.2) is 146 Å². The van der Waals surface area contributed by atoms with E-state index in [1.54, 1.807) is 0 Å². The molecule has 0 unspecified atom stereocenters. The van der Waals surface area contributed by atoms with E-state index in [0.29, 0.717) is 0 Å². The molecule has 0 spiro atoms. The Labute approximate surface area is 254 Å². The van der Waals surface area contributed by atoms with E-state index in [-0.39, 0.29) is 22.4 Å². The van der Waals surface area contributed by atoms with Gasteiger partial charge >= 0.3 is 22.4 Å². The summed E-state index contributed by atoms with van der Waals surface area (Å²) in [5.41, 5.74) is 10.1. The summed E-state index contributed by atoms with van der Waals surface area (Å²) in [7, 11) is -4.94. The average molecular weight is 646 g/mol. The Hall–Kier alpha value is -3.29. The zero-order valence-electron chi connectivity index (χ0n) is 22.2. The molecule has 0 amide bonds. The molecule has 0 aliphatic heterocycles. The van der Waals surface area contributed by atoms with Gasteiger partial charge in [0, 0.05) is 0 Å².